The van der Waals surface area contributed by atoms with Crippen LogP contribution in [0.3, 0.4) is 0 Å². The Morgan fingerprint density at radius 2 is 2.06 bits per heavy atom. The molecule has 0 aliphatic heterocycles. The molecule has 0 heterocycles. The van der Waals surface area contributed by atoms with Crippen molar-refractivity contribution in [3.63, 3.8) is 0 Å². The van der Waals surface area contributed by atoms with Crippen molar-refractivity contribution in [1.82, 2.24) is 0 Å². The second-order valence-corrected chi connectivity index (χ2v) is 4.13. The number of ether oxygens (including phenoxy) is 1. The number of halogens is 3. The zero-order chi connectivity index (χ0) is 13.8. The number of benzene rings is 1. The smallest absolute Gasteiger partial charge is 0.416 e. The molecule has 100 valence electrons. The summed E-state index contributed by atoms with van der Waals surface area (Å²) in [7, 11) is 0. The lowest BCUT2D eigenvalue weighted by atomic mass is 10.0. The largest absolute Gasteiger partial charge is 0.483 e. The minimum atomic E-state index is -4.41. The molecule has 0 bridgehead atoms. The van der Waals surface area contributed by atoms with Gasteiger partial charge in [0, 0.05) is 0 Å². The van der Waals surface area contributed by atoms with Gasteiger partial charge in [-0.15, -0.1) is 0 Å². The molecule has 0 fully saturated rings. The maximum absolute atomic E-state index is 12.5. The number of aldehydes is 1. The topological polar surface area (TPSA) is 26.3 Å². The second kappa shape index (κ2) is 5.89. The van der Waals surface area contributed by atoms with Gasteiger partial charge in [0.25, 0.3) is 0 Å². The first-order chi connectivity index (χ1) is 8.38. The molecule has 2 nitrogen and oxygen atoms in total. The van der Waals surface area contributed by atoms with Gasteiger partial charge in [-0.05, 0) is 30.5 Å². The minimum Gasteiger partial charge on any atom is -0.483 e. The van der Waals surface area contributed by atoms with E-state index in [-0.39, 0.29) is 11.7 Å². The molecular weight excluding hydrogens is 245 g/mol. The lowest BCUT2D eigenvalue weighted by Crippen LogP contribution is -2.26. The van der Waals surface area contributed by atoms with Crippen LogP contribution in [0.25, 0.3) is 0 Å². The molecule has 0 aromatic heterocycles. The number of carbonyl (C=O) groups is 1. The Bertz CT molecular complexity index is 401. The minimum absolute atomic E-state index is 0.0444. The van der Waals surface area contributed by atoms with E-state index < -0.39 is 17.8 Å². The van der Waals surface area contributed by atoms with Crippen LogP contribution in [0.2, 0.25) is 0 Å². The second-order valence-electron chi connectivity index (χ2n) is 4.13. The molecule has 2 unspecified atom stereocenters. The average molecular weight is 260 g/mol. The molecule has 0 N–H and O–H groups in total. The van der Waals surface area contributed by atoms with Crippen LogP contribution >= 0.6 is 0 Å². The average Bonchev–Trinajstić information content (AvgIpc) is 2.34. The van der Waals surface area contributed by atoms with Crippen molar-refractivity contribution < 1.29 is 22.7 Å². The van der Waals surface area contributed by atoms with Gasteiger partial charge in [0.05, 0.1) is 5.56 Å². The number of alkyl halides is 3. The van der Waals surface area contributed by atoms with E-state index in [1.54, 1.807) is 0 Å². The number of hydrogen-bond donors (Lipinski definition) is 0. The zero-order valence-electron chi connectivity index (χ0n) is 10.2. The Hall–Kier alpha value is -1.52. The van der Waals surface area contributed by atoms with Crippen LogP contribution in [-0.4, -0.2) is 12.4 Å². The lowest BCUT2D eigenvalue weighted by Gasteiger charge is -2.19. The standard InChI is InChI=1S/C13H15F3O2/c1-3-9(2)12(8-17)18-11-6-4-5-10(7-11)13(14,15)16/h4-9,12H,3H2,1-2H3. The van der Waals surface area contributed by atoms with Gasteiger partial charge >= 0.3 is 6.18 Å². The maximum Gasteiger partial charge on any atom is 0.416 e. The molecule has 1 aromatic carbocycles. The third-order valence-corrected chi connectivity index (χ3v) is 2.77. The fourth-order valence-corrected chi connectivity index (χ4v) is 1.41. The summed E-state index contributed by atoms with van der Waals surface area (Å²) in [5.74, 6) is 0.0132. The Morgan fingerprint density at radius 1 is 1.39 bits per heavy atom. The summed E-state index contributed by atoms with van der Waals surface area (Å²) in [6, 6.07) is 4.54. The Kier molecular flexibility index (Phi) is 4.76. The summed E-state index contributed by atoms with van der Waals surface area (Å²) in [6.45, 7) is 3.70. The molecule has 0 radical (unpaired) electrons. The summed E-state index contributed by atoms with van der Waals surface area (Å²) in [5, 5.41) is 0. The molecule has 0 aliphatic carbocycles. The van der Waals surface area contributed by atoms with Crippen LogP contribution in [0, 0.1) is 5.92 Å². The maximum atomic E-state index is 12.5. The van der Waals surface area contributed by atoms with E-state index in [0.717, 1.165) is 12.1 Å². The molecule has 0 aliphatic rings. The van der Waals surface area contributed by atoms with E-state index in [1.165, 1.54) is 12.1 Å². The van der Waals surface area contributed by atoms with Crippen molar-refractivity contribution >= 4 is 6.29 Å². The molecule has 1 aromatic rings. The van der Waals surface area contributed by atoms with Crippen molar-refractivity contribution in [2.45, 2.75) is 32.5 Å². The molecule has 0 saturated heterocycles. The van der Waals surface area contributed by atoms with Crippen LogP contribution < -0.4 is 4.74 Å². The van der Waals surface area contributed by atoms with Crippen LogP contribution in [0.1, 0.15) is 25.8 Å². The highest BCUT2D eigenvalue weighted by atomic mass is 19.4. The van der Waals surface area contributed by atoms with Crippen molar-refractivity contribution in [1.29, 1.82) is 0 Å². The van der Waals surface area contributed by atoms with E-state index in [9.17, 15) is 18.0 Å². The number of carbonyl (C=O) groups excluding carboxylic acids is 1. The first-order valence-corrected chi connectivity index (χ1v) is 5.67. The van der Waals surface area contributed by atoms with Gasteiger partial charge < -0.3 is 4.74 Å². The van der Waals surface area contributed by atoms with Crippen molar-refractivity contribution in [2.75, 3.05) is 0 Å². The van der Waals surface area contributed by atoms with E-state index >= 15 is 0 Å². The molecular formula is C13H15F3O2. The predicted octanol–water partition coefficient (Wildman–Crippen LogP) is 3.70. The first-order valence-electron chi connectivity index (χ1n) is 5.67. The van der Waals surface area contributed by atoms with Crippen molar-refractivity contribution in [3.05, 3.63) is 29.8 Å². The predicted molar refractivity (Wildman–Crippen MR) is 61.4 cm³/mol. The number of hydrogen-bond acceptors (Lipinski definition) is 2. The monoisotopic (exact) mass is 260 g/mol. The van der Waals surface area contributed by atoms with E-state index in [0.29, 0.717) is 12.7 Å². The fourth-order valence-electron chi connectivity index (χ4n) is 1.41. The van der Waals surface area contributed by atoms with Gasteiger partial charge in [0.15, 0.2) is 12.4 Å². The van der Waals surface area contributed by atoms with Crippen LogP contribution in [-0.2, 0) is 11.0 Å². The third kappa shape index (κ3) is 3.75. The Balaban J connectivity index is 2.87. The summed E-state index contributed by atoms with van der Waals surface area (Å²) < 4.78 is 42.7. The van der Waals surface area contributed by atoms with E-state index in [2.05, 4.69) is 0 Å². The fraction of sp³-hybridized carbons (Fsp3) is 0.462. The quantitative estimate of drug-likeness (QED) is 0.754. The van der Waals surface area contributed by atoms with E-state index in [4.69, 9.17) is 4.74 Å². The Labute approximate surface area is 104 Å². The molecule has 0 saturated carbocycles. The SMILES string of the molecule is CCC(C)C(C=O)Oc1cccc(C(F)(F)F)c1. The highest BCUT2D eigenvalue weighted by Gasteiger charge is 2.30. The summed E-state index contributed by atoms with van der Waals surface area (Å²) >= 11 is 0. The van der Waals surface area contributed by atoms with Gasteiger partial charge in [-0.25, -0.2) is 0 Å². The molecule has 1 rings (SSSR count). The molecule has 18 heavy (non-hydrogen) atoms. The van der Waals surface area contributed by atoms with Gasteiger partial charge in [0.1, 0.15) is 5.75 Å². The van der Waals surface area contributed by atoms with Gasteiger partial charge in [0.2, 0.25) is 0 Å². The number of rotatable bonds is 5. The van der Waals surface area contributed by atoms with Gasteiger partial charge in [-0.3, -0.25) is 4.79 Å². The molecule has 0 spiro atoms. The summed E-state index contributed by atoms with van der Waals surface area (Å²) in [4.78, 5) is 10.8. The Morgan fingerprint density at radius 3 is 2.56 bits per heavy atom. The van der Waals surface area contributed by atoms with Gasteiger partial charge in [-0.1, -0.05) is 19.9 Å². The van der Waals surface area contributed by atoms with Crippen molar-refractivity contribution in [3.8, 4) is 5.75 Å². The normalized spacial score (nSPS) is 14.9. The third-order valence-electron chi connectivity index (χ3n) is 2.77. The van der Waals surface area contributed by atoms with Crippen LogP contribution in [0.15, 0.2) is 24.3 Å². The summed E-state index contributed by atoms with van der Waals surface area (Å²) in [5.41, 5.74) is -0.784. The summed E-state index contributed by atoms with van der Waals surface area (Å²) in [6.07, 6.45) is -3.80. The highest BCUT2D eigenvalue weighted by molar-refractivity contribution is 5.57. The molecule has 5 heteroatoms. The molecule has 0 amide bonds. The highest BCUT2D eigenvalue weighted by Crippen LogP contribution is 2.31. The van der Waals surface area contributed by atoms with Crippen LogP contribution in [0.5, 0.6) is 5.75 Å². The molecule has 2 atom stereocenters. The van der Waals surface area contributed by atoms with E-state index in [1.807, 2.05) is 13.8 Å². The van der Waals surface area contributed by atoms with Gasteiger partial charge in [-0.2, -0.15) is 13.2 Å². The van der Waals surface area contributed by atoms with Crippen molar-refractivity contribution in [2.24, 2.45) is 5.92 Å². The lowest BCUT2D eigenvalue weighted by molar-refractivity contribution is -0.137. The zero-order valence-corrected chi connectivity index (χ0v) is 10.2. The first kappa shape index (κ1) is 14.5. The van der Waals surface area contributed by atoms with Crippen LogP contribution in [0.4, 0.5) is 13.2 Å².